The highest BCUT2D eigenvalue weighted by molar-refractivity contribution is 7.99. The molecule has 0 aromatic rings. The summed E-state index contributed by atoms with van der Waals surface area (Å²) in [7, 11) is 0. The van der Waals surface area contributed by atoms with Crippen LogP contribution in [0.4, 0.5) is 0 Å². The van der Waals surface area contributed by atoms with Crippen molar-refractivity contribution in [2.45, 2.75) is 6.42 Å². The molecule has 0 radical (unpaired) electrons. The molecule has 0 atom stereocenters. The Morgan fingerprint density at radius 3 is 3.22 bits per heavy atom. The average molecular weight is 140 g/mol. The molecule has 0 aromatic heterocycles. The molecular formula is C6H8N2S. The van der Waals surface area contributed by atoms with Crippen LogP contribution in [0.15, 0.2) is 21.5 Å². The largest absolute Gasteiger partial charge is 0.189 e. The lowest BCUT2D eigenvalue weighted by Gasteiger charge is -2.03. The van der Waals surface area contributed by atoms with Gasteiger partial charge >= 0.3 is 0 Å². The summed E-state index contributed by atoms with van der Waals surface area (Å²) in [5.74, 6) is 2.30. The molecule has 2 heterocycles. The van der Waals surface area contributed by atoms with Crippen LogP contribution in [0.25, 0.3) is 0 Å². The predicted octanol–water partition coefficient (Wildman–Crippen LogP) is 1.84. The molecular weight excluding hydrogens is 132 g/mol. The van der Waals surface area contributed by atoms with E-state index in [2.05, 4.69) is 10.2 Å². The van der Waals surface area contributed by atoms with Crippen molar-refractivity contribution in [2.75, 3.05) is 18.1 Å². The quantitative estimate of drug-likeness (QED) is 0.504. The molecule has 9 heavy (non-hydrogen) atoms. The molecule has 0 N–H and O–H groups in total. The number of hydrogen-bond acceptors (Lipinski definition) is 3. The summed E-state index contributed by atoms with van der Waals surface area (Å²) in [6.45, 7) is 0.916. The minimum atomic E-state index is 0.916. The molecule has 3 heteroatoms. The van der Waals surface area contributed by atoms with Crippen LogP contribution in [-0.4, -0.2) is 18.1 Å². The highest BCUT2D eigenvalue weighted by atomic mass is 32.2. The van der Waals surface area contributed by atoms with Crippen molar-refractivity contribution in [1.82, 2.24) is 0 Å². The van der Waals surface area contributed by atoms with Gasteiger partial charge in [-0.3, -0.25) is 0 Å². The van der Waals surface area contributed by atoms with E-state index < -0.39 is 0 Å². The van der Waals surface area contributed by atoms with Gasteiger partial charge in [-0.2, -0.15) is 22.0 Å². The van der Waals surface area contributed by atoms with Crippen molar-refractivity contribution in [3.8, 4) is 0 Å². The Bertz CT molecular complexity index is 183. The summed E-state index contributed by atoms with van der Waals surface area (Å²) in [4.78, 5) is 0. The topological polar surface area (TPSA) is 24.7 Å². The normalized spacial score (nSPS) is 24.9. The van der Waals surface area contributed by atoms with Gasteiger partial charge in [0.15, 0.2) is 0 Å². The van der Waals surface area contributed by atoms with Crippen LogP contribution in [0.5, 0.6) is 0 Å². The first kappa shape index (κ1) is 5.47. The monoisotopic (exact) mass is 140 g/mol. The van der Waals surface area contributed by atoms with E-state index in [1.807, 2.05) is 11.8 Å². The first-order valence-electron chi connectivity index (χ1n) is 3.13. The Hall–Kier alpha value is -0.310. The summed E-state index contributed by atoms with van der Waals surface area (Å²) >= 11 is 1.95. The maximum absolute atomic E-state index is 4.08. The SMILES string of the molecule is C1CC2=C(CSC2)N=N1. The molecule has 0 spiro atoms. The van der Waals surface area contributed by atoms with Crippen molar-refractivity contribution < 1.29 is 0 Å². The fourth-order valence-corrected chi connectivity index (χ4v) is 2.21. The number of rotatable bonds is 0. The Kier molecular flexibility index (Phi) is 1.30. The molecule has 0 saturated heterocycles. The van der Waals surface area contributed by atoms with Gasteiger partial charge < -0.3 is 0 Å². The van der Waals surface area contributed by atoms with Crippen LogP contribution in [0.3, 0.4) is 0 Å². The molecule has 2 nitrogen and oxygen atoms in total. The summed E-state index contributed by atoms with van der Waals surface area (Å²) in [5, 5.41) is 8.05. The smallest absolute Gasteiger partial charge is 0.0726 e. The van der Waals surface area contributed by atoms with Gasteiger partial charge in [-0.1, -0.05) is 0 Å². The molecule has 2 rings (SSSR count). The van der Waals surface area contributed by atoms with Crippen LogP contribution < -0.4 is 0 Å². The molecule has 0 aliphatic carbocycles. The second-order valence-corrected chi connectivity index (χ2v) is 3.24. The second-order valence-electron chi connectivity index (χ2n) is 2.26. The first-order chi connectivity index (χ1) is 4.47. The third kappa shape index (κ3) is 0.894. The van der Waals surface area contributed by atoms with Crippen molar-refractivity contribution in [3.05, 3.63) is 11.3 Å². The van der Waals surface area contributed by atoms with Gasteiger partial charge in [0.25, 0.3) is 0 Å². The zero-order valence-electron chi connectivity index (χ0n) is 5.13. The molecule has 0 saturated carbocycles. The van der Waals surface area contributed by atoms with Crippen LogP contribution in [0, 0.1) is 0 Å². The number of thioether (sulfide) groups is 1. The van der Waals surface area contributed by atoms with E-state index >= 15 is 0 Å². The van der Waals surface area contributed by atoms with Crippen LogP contribution >= 0.6 is 11.8 Å². The molecule has 2 aliphatic rings. The van der Waals surface area contributed by atoms with E-state index in [-0.39, 0.29) is 0 Å². The maximum Gasteiger partial charge on any atom is 0.0726 e. The third-order valence-electron chi connectivity index (χ3n) is 1.63. The van der Waals surface area contributed by atoms with Gasteiger partial charge in [0, 0.05) is 11.5 Å². The van der Waals surface area contributed by atoms with Gasteiger partial charge in [-0.15, -0.1) is 0 Å². The Balaban J connectivity index is 2.28. The van der Waals surface area contributed by atoms with Crippen molar-refractivity contribution in [3.63, 3.8) is 0 Å². The standard InChI is InChI=1S/C6H8N2S/c1-2-7-8-6-4-9-3-5(1)6/h1-4H2. The fourth-order valence-electron chi connectivity index (χ4n) is 1.09. The van der Waals surface area contributed by atoms with Crippen molar-refractivity contribution in [1.29, 1.82) is 0 Å². The molecule has 0 bridgehead atoms. The van der Waals surface area contributed by atoms with Gasteiger partial charge in [0.1, 0.15) is 0 Å². The lowest BCUT2D eigenvalue weighted by Crippen LogP contribution is -1.94. The summed E-state index contributed by atoms with van der Waals surface area (Å²) in [6, 6.07) is 0. The van der Waals surface area contributed by atoms with Gasteiger partial charge in [0.2, 0.25) is 0 Å². The van der Waals surface area contributed by atoms with Crippen LogP contribution in [-0.2, 0) is 0 Å². The fraction of sp³-hybridized carbons (Fsp3) is 0.667. The third-order valence-corrected chi connectivity index (χ3v) is 2.66. The number of azo groups is 1. The zero-order chi connectivity index (χ0) is 6.10. The lowest BCUT2D eigenvalue weighted by molar-refractivity contribution is 0.823. The van der Waals surface area contributed by atoms with E-state index in [0.29, 0.717) is 0 Å². The van der Waals surface area contributed by atoms with Crippen molar-refractivity contribution >= 4 is 11.8 Å². The Labute approximate surface area is 58.4 Å². The molecule has 48 valence electrons. The molecule has 0 fully saturated rings. The highest BCUT2D eigenvalue weighted by Gasteiger charge is 2.16. The van der Waals surface area contributed by atoms with Crippen LogP contribution in [0.2, 0.25) is 0 Å². The van der Waals surface area contributed by atoms with E-state index in [4.69, 9.17) is 0 Å². The molecule has 2 aliphatic heterocycles. The number of hydrogen-bond donors (Lipinski definition) is 0. The molecule has 0 aromatic carbocycles. The van der Waals surface area contributed by atoms with Gasteiger partial charge in [0.05, 0.1) is 12.2 Å². The maximum atomic E-state index is 4.08. The van der Waals surface area contributed by atoms with Gasteiger partial charge in [-0.05, 0) is 12.0 Å². The Morgan fingerprint density at radius 1 is 1.33 bits per heavy atom. The number of nitrogens with zero attached hydrogens (tertiary/aromatic N) is 2. The van der Waals surface area contributed by atoms with E-state index in [1.54, 1.807) is 0 Å². The summed E-state index contributed by atoms with van der Waals surface area (Å²) < 4.78 is 0. The summed E-state index contributed by atoms with van der Waals surface area (Å²) in [5.41, 5.74) is 2.79. The molecule has 0 unspecified atom stereocenters. The summed E-state index contributed by atoms with van der Waals surface area (Å²) in [6.07, 6.45) is 1.16. The second kappa shape index (κ2) is 2.14. The molecule has 0 amide bonds. The minimum Gasteiger partial charge on any atom is -0.189 e. The first-order valence-corrected chi connectivity index (χ1v) is 4.28. The van der Waals surface area contributed by atoms with Crippen LogP contribution in [0.1, 0.15) is 6.42 Å². The van der Waals surface area contributed by atoms with E-state index in [1.165, 1.54) is 17.0 Å². The van der Waals surface area contributed by atoms with Crippen molar-refractivity contribution in [2.24, 2.45) is 10.2 Å². The minimum absolute atomic E-state index is 0.916. The zero-order valence-corrected chi connectivity index (χ0v) is 5.95. The van der Waals surface area contributed by atoms with Gasteiger partial charge in [-0.25, -0.2) is 0 Å². The van der Waals surface area contributed by atoms with E-state index in [9.17, 15) is 0 Å². The lowest BCUT2D eigenvalue weighted by atomic mass is 10.2. The highest BCUT2D eigenvalue weighted by Crippen LogP contribution is 2.29. The Morgan fingerprint density at radius 2 is 2.33 bits per heavy atom. The van der Waals surface area contributed by atoms with E-state index in [0.717, 1.165) is 18.7 Å². The average Bonchev–Trinajstić information content (AvgIpc) is 2.33. The predicted molar refractivity (Wildman–Crippen MR) is 38.7 cm³/mol.